The normalized spacial score (nSPS) is 14.3. The summed E-state index contributed by atoms with van der Waals surface area (Å²) in [5.41, 5.74) is 1.58. The van der Waals surface area contributed by atoms with Gasteiger partial charge in [0.1, 0.15) is 5.69 Å². The average Bonchev–Trinajstić information content (AvgIpc) is 2.70. The minimum atomic E-state index is -3.46. The van der Waals surface area contributed by atoms with E-state index >= 15 is 0 Å². The van der Waals surface area contributed by atoms with Crippen LogP contribution in [0, 0.1) is 13.8 Å². The van der Waals surface area contributed by atoms with Crippen molar-refractivity contribution in [1.29, 1.82) is 0 Å². The van der Waals surface area contributed by atoms with Crippen molar-refractivity contribution in [2.24, 2.45) is 0 Å². The number of sulfone groups is 1. The van der Waals surface area contributed by atoms with Gasteiger partial charge in [-0.3, -0.25) is 9.59 Å². The van der Waals surface area contributed by atoms with E-state index in [0.717, 1.165) is 11.2 Å². The number of hydrogen-bond acceptors (Lipinski definition) is 5. The molecule has 118 valence electrons. The number of amides is 2. The molecule has 0 unspecified atom stereocenters. The molecule has 1 aromatic carbocycles. The standard InChI is InChI=1S/C16H14N2O4S/c1-9-7-8-11-14(17-9)16(20)18(15(11)19)12-5-4-6-13(10(12)2)23(3,21)22/h4-8H,1-3H3. The van der Waals surface area contributed by atoms with E-state index in [0.29, 0.717) is 11.3 Å². The van der Waals surface area contributed by atoms with Gasteiger partial charge >= 0.3 is 0 Å². The van der Waals surface area contributed by atoms with Crippen LogP contribution in [0.3, 0.4) is 0 Å². The third-order valence-corrected chi connectivity index (χ3v) is 5.01. The van der Waals surface area contributed by atoms with Gasteiger partial charge < -0.3 is 0 Å². The molecule has 23 heavy (non-hydrogen) atoms. The van der Waals surface area contributed by atoms with Gasteiger partial charge in [0.05, 0.1) is 16.1 Å². The van der Waals surface area contributed by atoms with Crippen molar-refractivity contribution in [2.45, 2.75) is 18.7 Å². The number of carbonyl (C=O) groups excluding carboxylic acids is 2. The van der Waals surface area contributed by atoms with E-state index in [4.69, 9.17) is 0 Å². The Hall–Kier alpha value is -2.54. The molecule has 2 amide bonds. The van der Waals surface area contributed by atoms with Crippen molar-refractivity contribution in [1.82, 2.24) is 4.98 Å². The molecule has 0 radical (unpaired) electrons. The summed E-state index contributed by atoms with van der Waals surface area (Å²) in [6.45, 7) is 3.31. The van der Waals surface area contributed by atoms with Crippen LogP contribution in [-0.4, -0.2) is 31.5 Å². The summed E-state index contributed by atoms with van der Waals surface area (Å²) in [7, 11) is -3.46. The van der Waals surface area contributed by atoms with Crippen molar-refractivity contribution in [2.75, 3.05) is 11.2 Å². The Kier molecular flexibility index (Phi) is 3.33. The summed E-state index contributed by atoms with van der Waals surface area (Å²) in [5.74, 6) is -1.03. The first-order valence-electron chi connectivity index (χ1n) is 6.88. The number of carbonyl (C=O) groups is 2. The molecule has 1 aliphatic rings. The number of benzene rings is 1. The molecule has 2 heterocycles. The molecule has 0 saturated carbocycles. The molecular formula is C16H14N2O4S. The second kappa shape index (κ2) is 4.99. The largest absolute Gasteiger partial charge is 0.284 e. The Morgan fingerprint density at radius 3 is 2.35 bits per heavy atom. The summed E-state index contributed by atoms with van der Waals surface area (Å²) in [5, 5.41) is 0. The van der Waals surface area contributed by atoms with Gasteiger partial charge in [0, 0.05) is 11.9 Å². The van der Waals surface area contributed by atoms with Crippen LogP contribution in [0.25, 0.3) is 0 Å². The van der Waals surface area contributed by atoms with Gasteiger partial charge in [-0.2, -0.15) is 0 Å². The van der Waals surface area contributed by atoms with Crippen molar-refractivity contribution in [3.8, 4) is 0 Å². The molecule has 0 atom stereocenters. The second-order valence-corrected chi connectivity index (χ2v) is 7.45. The second-order valence-electron chi connectivity index (χ2n) is 5.47. The Labute approximate surface area is 133 Å². The number of pyridine rings is 1. The van der Waals surface area contributed by atoms with E-state index in [1.165, 1.54) is 12.1 Å². The maximum absolute atomic E-state index is 12.6. The van der Waals surface area contributed by atoms with Gasteiger partial charge in [0.15, 0.2) is 9.84 Å². The zero-order valence-electron chi connectivity index (χ0n) is 12.8. The fourth-order valence-electron chi connectivity index (χ4n) is 2.68. The number of fused-ring (bicyclic) bond motifs is 1. The van der Waals surface area contributed by atoms with Crippen LogP contribution in [0.2, 0.25) is 0 Å². The zero-order chi connectivity index (χ0) is 16.9. The van der Waals surface area contributed by atoms with Crippen LogP contribution < -0.4 is 4.90 Å². The first-order chi connectivity index (χ1) is 10.7. The average molecular weight is 330 g/mol. The first-order valence-corrected chi connectivity index (χ1v) is 8.77. The predicted molar refractivity (Wildman–Crippen MR) is 84.4 cm³/mol. The van der Waals surface area contributed by atoms with Crippen molar-refractivity contribution >= 4 is 27.3 Å². The Balaban J connectivity index is 2.19. The Bertz CT molecular complexity index is 964. The minimum Gasteiger partial charge on any atom is -0.268 e. The molecule has 0 fully saturated rings. The van der Waals surface area contributed by atoms with Crippen molar-refractivity contribution in [3.05, 3.63) is 52.8 Å². The molecule has 0 saturated heterocycles. The van der Waals surface area contributed by atoms with Crippen LogP contribution in [0.15, 0.2) is 35.2 Å². The van der Waals surface area contributed by atoms with Gasteiger partial charge in [-0.15, -0.1) is 0 Å². The number of rotatable bonds is 2. The molecule has 2 aromatic rings. The summed E-state index contributed by atoms with van der Waals surface area (Å²) in [6.07, 6.45) is 1.09. The number of hydrogen-bond donors (Lipinski definition) is 0. The van der Waals surface area contributed by atoms with Gasteiger partial charge in [-0.1, -0.05) is 6.07 Å². The molecular weight excluding hydrogens is 316 g/mol. The molecule has 0 aliphatic carbocycles. The third kappa shape index (κ3) is 2.33. The number of aryl methyl sites for hydroxylation is 1. The highest BCUT2D eigenvalue weighted by Gasteiger charge is 2.39. The highest BCUT2D eigenvalue weighted by molar-refractivity contribution is 7.90. The Morgan fingerprint density at radius 1 is 1.00 bits per heavy atom. The highest BCUT2D eigenvalue weighted by atomic mass is 32.2. The molecule has 3 rings (SSSR count). The Morgan fingerprint density at radius 2 is 1.70 bits per heavy atom. The molecule has 0 spiro atoms. The lowest BCUT2D eigenvalue weighted by molar-refractivity contribution is 0.0924. The van der Waals surface area contributed by atoms with Crippen LogP contribution >= 0.6 is 0 Å². The van der Waals surface area contributed by atoms with Crippen LogP contribution in [0.1, 0.15) is 32.1 Å². The quantitative estimate of drug-likeness (QED) is 0.785. The topological polar surface area (TPSA) is 84.4 Å². The lowest BCUT2D eigenvalue weighted by Crippen LogP contribution is -2.30. The van der Waals surface area contributed by atoms with E-state index in [1.807, 2.05) is 0 Å². The van der Waals surface area contributed by atoms with Crippen LogP contribution in [-0.2, 0) is 9.84 Å². The minimum absolute atomic E-state index is 0.0932. The molecule has 6 nitrogen and oxygen atoms in total. The molecule has 1 aliphatic heterocycles. The van der Waals surface area contributed by atoms with Crippen LogP contribution in [0.5, 0.6) is 0 Å². The lowest BCUT2D eigenvalue weighted by Gasteiger charge is -2.18. The van der Waals surface area contributed by atoms with E-state index in [2.05, 4.69) is 4.98 Å². The molecule has 0 N–H and O–H groups in total. The number of nitrogens with zero attached hydrogens (tertiary/aromatic N) is 2. The summed E-state index contributed by atoms with van der Waals surface area (Å²) in [4.78, 5) is 30.3. The molecule has 1 aromatic heterocycles. The fourth-order valence-corrected chi connectivity index (χ4v) is 3.66. The lowest BCUT2D eigenvalue weighted by atomic mass is 10.2. The first kappa shape index (κ1) is 15.4. The van der Waals surface area contributed by atoms with Crippen molar-refractivity contribution in [3.63, 3.8) is 0 Å². The van der Waals surface area contributed by atoms with Gasteiger partial charge in [-0.05, 0) is 43.7 Å². The predicted octanol–water partition coefficient (Wildman–Crippen LogP) is 1.90. The molecule has 7 heteroatoms. The fraction of sp³-hybridized carbons (Fsp3) is 0.188. The van der Waals surface area contributed by atoms with Gasteiger partial charge in [-0.25, -0.2) is 18.3 Å². The summed E-state index contributed by atoms with van der Waals surface area (Å²) >= 11 is 0. The van der Waals surface area contributed by atoms with Crippen LogP contribution in [0.4, 0.5) is 5.69 Å². The third-order valence-electron chi connectivity index (χ3n) is 3.77. The highest BCUT2D eigenvalue weighted by Crippen LogP contribution is 2.32. The van der Waals surface area contributed by atoms with E-state index in [9.17, 15) is 18.0 Å². The van der Waals surface area contributed by atoms with E-state index < -0.39 is 21.7 Å². The summed E-state index contributed by atoms with van der Waals surface area (Å²) in [6, 6.07) is 7.75. The molecule has 0 bridgehead atoms. The van der Waals surface area contributed by atoms with Crippen molar-refractivity contribution < 1.29 is 18.0 Å². The van der Waals surface area contributed by atoms with E-state index in [-0.39, 0.29) is 21.8 Å². The number of anilines is 1. The van der Waals surface area contributed by atoms with Gasteiger partial charge in [0.25, 0.3) is 11.8 Å². The maximum Gasteiger partial charge on any atom is 0.284 e. The monoisotopic (exact) mass is 330 g/mol. The summed E-state index contributed by atoms with van der Waals surface area (Å²) < 4.78 is 23.7. The SMILES string of the molecule is Cc1ccc2c(n1)C(=O)N(c1cccc(S(C)(=O)=O)c1C)C2=O. The van der Waals surface area contributed by atoms with E-state index in [1.54, 1.807) is 32.0 Å². The number of imide groups is 1. The zero-order valence-corrected chi connectivity index (χ0v) is 13.6. The maximum atomic E-state index is 12.6. The smallest absolute Gasteiger partial charge is 0.268 e. The van der Waals surface area contributed by atoms with Gasteiger partial charge in [0.2, 0.25) is 0 Å². The number of aromatic nitrogens is 1.